The van der Waals surface area contributed by atoms with Crippen molar-refractivity contribution >= 4 is 48.2 Å². The molecule has 3 rings (SSSR count). The Kier molecular flexibility index (Phi) is 6.63. The standard InChI is InChI=1S/C19H15Cl3NO4P/c1-25-19-11-6-15(22)12-18(19)23-28(24,26-16-7-2-13(20)3-8-16)27-17-9-4-14(21)5-10-17/h2-12H,1H3,(H,23,24). The van der Waals surface area contributed by atoms with Gasteiger partial charge in [-0.05, 0) is 66.7 Å². The Morgan fingerprint density at radius 1 is 0.750 bits per heavy atom. The van der Waals surface area contributed by atoms with Gasteiger partial charge in [-0.25, -0.2) is 4.57 Å². The molecular formula is C19H15Cl3NO4P. The van der Waals surface area contributed by atoms with E-state index < -0.39 is 7.75 Å². The van der Waals surface area contributed by atoms with Gasteiger partial charge in [-0.1, -0.05) is 34.8 Å². The Balaban J connectivity index is 1.95. The van der Waals surface area contributed by atoms with Crippen LogP contribution in [0.2, 0.25) is 15.1 Å². The Hall–Kier alpha value is -2.04. The molecule has 5 nitrogen and oxygen atoms in total. The van der Waals surface area contributed by atoms with E-state index in [-0.39, 0.29) is 0 Å². The van der Waals surface area contributed by atoms with Gasteiger partial charge >= 0.3 is 7.75 Å². The quantitative estimate of drug-likeness (QED) is 0.376. The van der Waals surface area contributed by atoms with Gasteiger partial charge in [0.05, 0.1) is 12.8 Å². The van der Waals surface area contributed by atoms with Crippen LogP contribution >= 0.6 is 42.5 Å². The molecule has 0 aliphatic rings. The molecule has 28 heavy (non-hydrogen) atoms. The van der Waals surface area contributed by atoms with Crippen LogP contribution in [0.5, 0.6) is 17.2 Å². The lowest BCUT2D eigenvalue weighted by Gasteiger charge is -2.22. The van der Waals surface area contributed by atoms with Crippen molar-refractivity contribution in [3.8, 4) is 17.2 Å². The average molecular weight is 459 g/mol. The third kappa shape index (κ3) is 5.49. The summed E-state index contributed by atoms with van der Waals surface area (Å²) in [6.07, 6.45) is 0. The lowest BCUT2D eigenvalue weighted by atomic mass is 10.3. The van der Waals surface area contributed by atoms with Crippen LogP contribution in [0.3, 0.4) is 0 Å². The molecule has 1 N–H and O–H groups in total. The topological polar surface area (TPSA) is 56.8 Å². The molecule has 0 atom stereocenters. The minimum atomic E-state index is -3.95. The molecule has 3 aromatic rings. The van der Waals surface area contributed by atoms with E-state index in [1.807, 2.05) is 0 Å². The van der Waals surface area contributed by atoms with Crippen molar-refractivity contribution < 1.29 is 18.3 Å². The Labute approximate surface area is 177 Å². The molecule has 0 saturated heterocycles. The number of benzene rings is 3. The van der Waals surface area contributed by atoms with Gasteiger partial charge in [-0.15, -0.1) is 0 Å². The zero-order valence-electron chi connectivity index (χ0n) is 14.6. The maximum absolute atomic E-state index is 13.6. The predicted octanol–water partition coefficient (Wildman–Crippen LogP) is 7.33. The third-order valence-corrected chi connectivity index (χ3v) is 5.65. The van der Waals surface area contributed by atoms with Gasteiger partial charge in [0, 0.05) is 15.1 Å². The largest absolute Gasteiger partial charge is 0.541 e. The van der Waals surface area contributed by atoms with E-state index in [0.717, 1.165) is 0 Å². The third-order valence-electron chi connectivity index (χ3n) is 3.50. The highest BCUT2D eigenvalue weighted by Gasteiger charge is 2.30. The van der Waals surface area contributed by atoms with Crippen molar-refractivity contribution in [1.29, 1.82) is 0 Å². The number of nitrogens with one attached hydrogen (secondary N) is 1. The van der Waals surface area contributed by atoms with Crippen molar-refractivity contribution in [3.63, 3.8) is 0 Å². The van der Waals surface area contributed by atoms with E-state index in [1.54, 1.807) is 66.7 Å². The summed E-state index contributed by atoms with van der Waals surface area (Å²) in [7, 11) is -2.46. The van der Waals surface area contributed by atoms with E-state index in [1.165, 1.54) is 7.11 Å². The smallest absolute Gasteiger partial charge is 0.495 e. The zero-order valence-corrected chi connectivity index (χ0v) is 17.7. The van der Waals surface area contributed by atoms with Crippen LogP contribution in [0.15, 0.2) is 66.7 Å². The molecule has 0 aromatic heterocycles. The molecule has 0 heterocycles. The summed E-state index contributed by atoms with van der Waals surface area (Å²) in [5.74, 6) is 1.02. The highest BCUT2D eigenvalue weighted by Crippen LogP contribution is 2.50. The minimum Gasteiger partial charge on any atom is -0.495 e. The highest BCUT2D eigenvalue weighted by atomic mass is 35.5. The van der Waals surface area contributed by atoms with E-state index in [9.17, 15) is 4.57 Å². The second-order valence-electron chi connectivity index (χ2n) is 5.54. The van der Waals surface area contributed by atoms with Crippen LogP contribution in [0.25, 0.3) is 0 Å². The van der Waals surface area contributed by atoms with Gasteiger partial charge in [0.25, 0.3) is 0 Å². The first-order chi connectivity index (χ1) is 13.4. The lowest BCUT2D eigenvalue weighted by molar-refractivity contribution is 0.391. The van der Waals surface area contributed by atoms with Gasteiger partial charge in [0.15, 0.2) is 0 Å². The van der Waals surface area contributed by atoms with Crippen LogP contribution in [0, 0.1) is 0 Å². The maximum Gasteiger partial charge on any atom is 0.541 e. The van der Waals surface area contributed by atoms with Crippen molar-refractivity contribution in [2.24, 2.45) is 0 Å². The van der Waals surface area contributed by atoms with Crippen molar-refractivity contribution in [3.05, 3.63) is 81.8 Å². The SMILES string of the molecule is COc1ccc(Cl)cc1NP(=O)(Oc1ccc(Cl)cc1)Oc1ccc(Cl)cc1. The molecular weight excluding hydrogens is 444 g/mol. The summed E-state index contributed by atoms with van der Waals surface area (Å²) >= 11 is 17.9. The summed E-state index contributed by atoms with van der Waals surface area (Å²) in [6.45, 7) is 0. The Morgan fingerprint density at radius 3 is 1.68 bits per heavy atom. The fourth-order valence-electron chi connectivity index (χ4n) is 2.25. The highest BCUT2D eigenvalue weighted by molar-refractivity contribution is 7.56. The maximum atomic E-state index is 13.6. The van der Waals surface area contributed by atoms with Gasteiger partial charge in [-0.2, -0.15) is 0 Å². The Morgan fingerprint density at radius 2 is 1.21 bits per heavy atom. The van der Waals surface area contributed by atoms with Gasteiger partial charge in [-0.3, -0.25) is 5.09 Å². The fourth-order valence-corrected chi connectivity index (χ4v) is 4.07. The molecule has 0 amide bonds. The van der Waals surface area contributed by atoms with Gasteiger partial charge < -0.3 is 13.8 Å². The monoisotopic (exact) mass is 457 g/mol. The first-order valence-corrected chi connectivity index (χ1v) is 10.7. The van der Waals surface area contributed by atoms with E-state index in [4.69, 9.17) is 48.6 Å². The molecule has 0 aliphatic carbocycles. The molecule has 0 spiro atoms. The minimum absolute atomic E-state index is 0.301. The van der Waals surface area contributed by atoms with Crippen LogP contribution in [-0.4, -0.2) is 7.11 Å². The summed E-state index contributed by atoms with van der Waals surface area (Å²) in [4.78, 5) is 0. The van der Waals surface area contributed by atoms with Crippen LogP contribution in [0.1, 0.15) is 0 Å². The van der Waals surface area contributed by atoms with Crippen LogP contribution < -0.4 is 18.9 Å². The number of methoxy groups -OCH3 is 1. The lowest BCUT2D eigenvalue weighted by Crippen LogP contribution is -2.10. The summed E-state index contributed by atoms with van der Waals surface area (Å²) in [5.41, 5.74) is 0.348. The fraction of sp³-hybridized carbons (Fsp3) is 0.0526. The first-order valence-electron chi connectivity index (χ1n) is 7.99. The van der Waals surface area contributed by atoms with Crippen LogP contribution in [-0.2, 0) is 4.57 Å². The number of hydrogen-bond acceptors (Lipinski definition) is 4. The van der Waals surface area contributed by atoms with Gasteiger partial charge in [0.2, 0.25) is 0 Å². The van der Waals surface area contributed by atoms with Crippen molar-refractivity contribution in [2.45, 2.75) is 0 Å². The number of halogens is 3. The zero-order chi connectivity index (χ0) is 20.1. The predicted molar refractivity (Wildman–Crippen MR) is 113 cm³/mol. The number of ether oxygens (including phenoxy) is 1. The molecule has 0 saturated carbocycles. The molecule has 9 heteroatoms. The van der Waals surface area contributed by atoms with Crippen LogP contribution in [0.4, 0.5) is 5.69 Å². The summed E-state index contributed by atoms with van der Waals surface area (Å²) in [6, 6.07) is 17.6. The van der Waals surface area contributed by atoms with Gasteiger partial charge in [0.1, 0.15) is 17.2 Å². The second-order valence-corrected chi connectivity index (χ2v) is 8.44. The molecule has 0 radical (unpaired) electrons. The summed E-state index contributed by atoms with van der Waals surface area (Å²) in [5, 5.41) is 4.24. The number of anilines is 1. The van der Waals surface area contributed by atoms with E-state index in [2.05, 4.69) is 5.09 Å². The molecule has 0 bridgehead atoms. The normalized spacial score (nSPS) is 11.0. The number of hydrogen-bond donors (Lipinski definition) is 1. The molecule has 3 aromatic carbocycles. The van der Waals surface area contributed by atoms with Crippen molar-refractivity contribution in [2.75, 3.05) is 12.2 Å². The van der Waals surface area contributed by atoms with Crippen molar-refractivity contribution in [1.82, 2.24) is 0 Å². The summed E-state index contributed by atoms with van der Waals surface area (Å²) < 4.78 is 30.2. The number of rotatable bonds is 7. The van der Waals surface area contributed by atoms with E-state index in [0.29, 0.717) is 38.0 Å². The second kappa shape index (κ2) is 8.97. The molecule has 0 fully saturated rings. The average Bonchev–Trinajstić information content (AvgIpc) is 2.66. The molecule has 0 aliphatic heterocycles. The van der Waals surface area contributed by atoms with E-state index >= 15 is 0 Å². The first kappa shape index (κ1) is 20.7. The molecule has 0 unspecified atom stereocenters. The molecule has 146 valence electrons. The Bertz CT molecular complexity index is 946.